The lowest BCUT2D eigenvalue weighted by Gasteiger charge is -2.30. The Hall–Kier alpha value is -1.39. The van der Waals surface area contributed by atoms with E-state index in [0.717, 1.165) is 50.1 Å². The summed E-state index contributed by atoms with van der Waals surface area (Å²) in [4.78, 5) is 14.2. The second kappa shape index (κ2) is 5.72. The molecule has 1 amide bonds. The van der Waals surface area contributed by atoms with Crippen LogP contribution in [0.25, 0.3) is 0 Å². The van der Waals surface area contributed by atoms with Crippen LogP contribution in [0.4, 0.5) is 0 Å². The molecule has 19 heavy (non-hydrogen) atoms. The van der Waals surface area contributed by atoms with Crippen molar-refractivity contribution in [2.45, 2.75) is 25.6 Å². The zero-order valence-electron chi connectivity index (χ0n) is 11.0. The number of hydrogen-bond donors (Lipinski definition) is 0. The van der Waals surface area contributed by atoms with E-state index in [4.69, 9.17) is 9.47 Å². The van der Waals surface area contributed by atoms with Crippen molar-refractivity contribution in [2.75, 3.05) is 26.3 Å². The molecule has 0 atom stereocenters. The number of nitrogens with zero attached hydrogens (tertiary/aromatic N) is 1. The Morgan fingerprint density at radius 1 is 1.21 bits per heavy atom. The third-order valence-corrected chi connectivity index (χ3v) is 3.72. The van der Waals surface area contributed by atoms with Crippen molar-refractivity contribution in [3.05, 3.63) is 35.4 Å². The quantitative estimate of drug-likeness (QED) is 0.833. The molecule has 0 spiro atoms. The van der Waals surface area contributed by atoms with Gasteiger partial charge in [0.15, 0.2) is 6.29 Å². The molecule has 0 radical (unpaired) electrons. The summed E-state index contributed by atoms with van der Waals surface area (Å²) in [6, 6.07) is 7.87. The lowest BCUT2D eigenvalue weighted by atomic mass is 9.99. The summed E-state index contributed by atoms with van der Waals surface area (Å²) >= 11 is 0. The average Bonchev–Trinajstić information content (AvgIpc) is 2.48. The standard InChI is InChI=1S/C15H19NO3/c17-15-13-5-2-1-4-12(13)6-8-16(15)9-7-14-18-10-3-11-19-14/h1-2,4-5,14H,3,6-11H2. The molecule has 4 heteroatoms. The van der Waals surface area contributed by atoms with E-state index in [1.807, 2.05) is 29.2 Å². The van der Waals surface area contributed by atoms with Crippen molar-refractivity contribution < 1.29 is 14.3 Å². The van der Waals surface area contributed by atoms with Gasteiger partial charge in [-0.3, -0.25) is 4.79 Å². The van der Waals surface area contributed by atoms with E-state index in [1.54, 1.807) is 0 Å². The van der Waals surface area contributed by atoms with Gasteiger partial charge in [0, 0.05) is 25.1 Å². The van der Waals surface area contributed by atoms with Crippen LogP contribution in [-0.2, 0) is 15.9 Å². The summed E-state index contributed by atoms with van der Waals surface area (Å²) in [7, 11) is 0. The maximum absolute atomic E-state index is 12.3. The number of fused-ring (bicyclic) bond motifs is 1. The summed E-state index contributed by atoms with van der Waals surface area (Å²) in [5, 5.41) is 0. The van der Waals surface area contributed by atoms with E-state index in [2.05, 4.69) is 0 Å². The van der Waals surface area contributed by atoms with Crippen molar-refractivity contribution in [2.24, 2.45) is 0 Å². The van der Waals surface area contributed by atoms with Crippen LogP contribution in [0.5, 0.6) is 0 Å². The minimum atomic E-state index is -0.140. The smallest absolute Gasteiger partial charge is 0.254 e. The van der Waals surface area contributed by atoms with Crippen LogP contribution in [0.3, 0.4) is 0 Å². The normalized spacial score (nSPS) is 20.4. The SMILES string of the molecule is O=C1c2ccccc2CCN1CCC1OCCCO1. The first-order valence-electron chi connectivity index (χ1n) is 6.95. The molecule has 3 rings (SSSR count). The molecule has 0 bridgehead atoms. The fourth-order valence-electron chi connectivity index (χ4n) is 2.65. The Bertz CT molecular complexity index is 454. The molecule has 1 aromatic rings. The van der Waals surface area contributed by atoms with Gasteiger partial charge in [0.25, 0.3) is 5.91 Å². The number of ether oxygens (including phenoxy) is 2. The number of benzene rings is 1. The highest BCUT2D eigenvalue weighted by molar-refractivity contribution is 5.96. The molecule has 0 unspecified atom stereocenters. The topological polar surface area (TPSA) is 38.8 Å². The van der Waals surface area contributed by atoms with Gasteiger partial charge in [0.1, 0.15) is 0 Å². The van der Waals surface area contributed by atoms with Crippen molar-refractivity contribution in [1.29, 1.82) is 0 Å². The number of rotatable bonds is 3. The first-order chi connectivity index (χ1) is 9.34. The number of hydrogen-bond acceptors (Lipinski definition) is 3. The predicted molar refractivity (Wildman–Crippen MR) is 71.0 cm³/mol. The highest BCUT2D eigenvalue weighted by atomic mass is 16.7. The molecule has 0 N–H and O–H groups in total. The third kappa shape index (κ3) is 2.80. The Morgan fingerprint density at radius 3 is 2.84 bits per heavy atom. The van der Waals surface area contributed by atoms with Gasteiger partial charge in [0.05, 0.1) is 13.2 Å². The van der Waals surface area contributed by atoms with E-state index in [1.165, 1.54) is 0 Å². The third-order valence-electron chi connectivity index (χ3n) is 3.72. The first kappa shape index (κ1) is 12.6. The maximum atomic E-state index is 12.3. The van der Waals surface area contributed by atoms with Crippen LogP contribution in [0, 0.1) is 0 Å². The van der Waals surface area contributed by atoms with Crippen LogP contribution in [0.15, 0.2) is 24.3 Å². The molecule has 1 aromatic carbocycles. The molecule has 102 valence electrons. The van der Waals surface area contributed by atoms with Crippen LogP contribution >= 0.6 is 0 Å². The molecule has 0 aliphatic carbocycles. The van der Waals surface area contributed by atoms with Gasteiger partial charge >= 0.3 is 0 Å². The van der Waals surface area contributed by atoms with Crippen molar-refractivity contribution >= 4 is 5.91 Å². The average molecular weight is 261 g/mol. The molecule has 2 aliphatic rings. The molecule has 1 saturated heterocycles. The van der Waals surface area contributed by atoms with Gasteiger partial charge < -0.3 is 14.4 Å². The summed E-state index contributed by atoms with van der Waals surface area (Å²) in [5.41, 5.74) is 2.01. The Morgan fingerprint density at radius 2 is 2.00 bits per heavy atom. The van der Waals surface area contributed by atoms with Gasteiger partial charge in [-0.1, -0.05) is 18.2 Å². The van der Waals surface area contributed by atoms with E-state index in [9.17, 15) is 4.79 Å². The number of amides is 1. The summed E-state index contributed by atoms with van der Waals surface area (Å²) in [6.45, 7) is 3.03. The summed E-state index contributed by atoms with van der Waals surface area (Å²) in [5.74, 6) is 0.137. The van der Waals surface area contributed by atoms with Crippen LogP contribution < -0.4 is 0 Å². The molecule has 2 heterocycles. The van der Waals surface area contributed by atoms with Gasteiger partial charge in [-0.25, -0.2) is 0 Å². The van der Waals surface area contributed by atoms with E-state index < -0.39 is 0 Å². The Kier molecular flexibility index (Phi) is 3.80. The fraction of sp³-hybridized carbons (Fsp3) is 0.533. The highest BCUT2D eigenvalue weighted by Crippen LogP contribution is 2.19. The Labute approximate surface area is 113 Å². The highest BCUT2D eigenvalue weighted by Gasteiger charge is 2.25. The van der Waals surface area contributed by atoms with Gasteiger partial charge in [0.2, 0.25) is 0 Å². The molecular formula is C15H19NO3. The molecular weight excluding hydrogens is 242 g/mol. The van der Waals surface area contributed by atoms with E-state index >= 15 is 0 Å². The Balaban J connectivity index is 1.59. The van der Waals surface area contributed by atoms with Gasteiger partial charge in [-0.15, -0.1) is 0 Å². The van der Waals surface area contributed by atoms with Crippen LogP contribution in [0.2, 0.25) is 0 Å². The van der Waals surface area contributed by atoms with Gasteiger partial charge in [-0.05, 0) is 24.5 Å². The summed E-state index contributed by atoms with van der Waals surface area (Å²) in [6.07, 6.45) is 2.52. The molecule has 2 aliphatic heterocycles. The molecule has 4 nitrogen and oxygen atoms in total. The second-order valence-electron chi connectivity index (χ2n) is 5.01. The number of carbonyl (C=O) groups excluding carboxylic acids is 1. The fourth-order valence-corrected chi connectivity index (χ4v) is 2.65. The van der Waals surface area contributed by atoms with E-state index in [0.29, 0.717) is 6.54 Å². The van der Waals surface area contributed by atoms with Crippen molar-refractivity contribution in [3.63, 3.8) is 0 Å². The largest absolute Gasteiger partial charge is 0.353 e. The lowest BCUT2D eigenvalue weighted by molar-refractivity contribution is -0.182. The van der Waals surface area contributed by atoms with Crippen molar-refractivity contribution in [1.82, 2.24) is 4.90 Å². The maximum Gasteiger partial charge on any atom is 0.254 e. The lowest BCUT2D eigenvalue weighted by Crippen LogP contribution is -2.40. The molecule has 1 fully saturated rings. The van der Waals surface area contributed by atoms with Gasteiger partial charge in [-0.2, -0.15) is 0 Å². The van der Waals surface area contributed by atoms with Crippen molar-refractivity contribution in [3.8, 4) is 0 Å². The van der Waals surface area contributed by atoms with Crippen LogP contribution in [-0.4, -0.2) is 43.4 Å². The second-order valence-corrected chi connectivity index (χ2v) is 5.01. The summed E-state index contributed by atoms with van der Waals surface area (Å²) < 4.78 is 11.0. The van der Waals surface area contributed by atoms with Crippen LogP contribution in [0.1, 0.15) is 28.8 Å². The minimum absolute atomic E-state index is 0.137. The molecule has 0 saturated carbocycles. The monoisotopic (exact) mass is 261 g/mol. The van der Waals surface area contributed by atoms with E-state index in [-0.39, 0.29) is 12.2 Å². The minimum Gasteiger partial charge on any atom is -0.353 e. The first-order valence-corrected chi connectivity index (χ1v) is 6.95. The predicted octanol–water partition coefficient (Wildman–Crippen LogP) is 1.84. The zero-order valence-corrected chi connectivity index (χ0v) is 11.0. The zero-order chi connectivity index (χ0) is 13.1. The number of carbonyl (C=O) groups is 1. The molecule has 0 aromatic heterocycles.